The third-order valence-electron chi connectivity index (χ3n) is 4.40. The molecule has 1 amide bonds. The minimum atomic E-state index is -0.126. The number of carbonyl (C=O) groups is 1. The molecule has 2 saturated carbocycles. The molecule has 0 heterocycles. The van der Waals surface area contributed by atoms with Crippen molar-refractivity contribution >= 4 is 21.8 Å². The van der Waals surface area contributed by atoms with Gasteiger partial charge in [0.05, 0.1) is 12.1 Å². The van der Waals surface area contributed by atoms with E-state index >= 15 is 0 Å². The molecule has 4 heteroatoms. The Hall–Kier alpha value is -0.870. The molecule has 0 bridgehead atoms. The summed E-state index contributed by atoms with van der Waals surface area (Å²) in [5.41, 5.74) is 1.10. The van der Waals surface area contributed by atoms with E-state index in [1.165, 1.54) is 24.8 Å². The van der Waals surface area contributed by atoms with Crippen LogP contribution in [0.2, 0.25) is 0 Å². The monoisotopic (exact) mass is 336 g/mol. The number of hydrogen-bond donors (Lipinski definition) is 2. The maximum Gasteiger partial charge on any atom is 0.234 e. The first-order valence-corrected chi connectivity index (χ1v) is 8.25. The van der Waals surface area contributed by atoms with Gasteiger partial charge in [0.25, 0.3) is 0 Å². The highest BCUT2D eigenvalue weighted by atomic mass is 79.9. The fraction of sp³-hybridized carbons (Fsp3) is 0.562. The average molecular weight is 337 g/mol. The number of amides is 1. The summed E-state index contributed by atoms with van der Waals surface area (Å²) in [5, 5.41) is 6.50. The summed E-state index contributed by atoms with van der Waals surface area (Å²) < 4.78 is 1.08. The highest BCUT2D eigenvalue weighted by Crippen LogP contribution is 2.41. The fourth-order valence-corrected chi connectivity index (χ4v) is 3.07. The Labute approximate surface area is 128 Å². The Morgan fingerprint density at radius 2 is 1.95 bits per heavy atom. The van der Waals surface area contributed by atoms with Gasteiger partial charge in [-0.2, -0.15) is 0 Å². The second-order valence-electron chi connectivity index (χ2n) is 6.07. The number of benzene rings is 1. The summed E-state index contributed by atoms with van der Waals surface area (Å²) in [4.78, 5) is 12.1. The van der Waals surface area contributed by atoms with Crippen molar-refractivity contribution in [2.75, 3.05) is 13.1 Å². The predicted octanol–water partition coefficient (Wildman–Crippen LogP) is 2.94. The van der Waals surface area contributed by atoms with Gasteiger partial charge in [0.15, 0.2) is 0 Å². The largest absolute Gasteiger partial charge is 0.345 e. The number of hydrogen-bond acceptors (Lipinski definition) is 2. The first kappa shape index (κ1) is 14.1. The molecule has 2 aliphatic rings. The van der Waals surface area contributed by atoms with Gasteiger partial charge in [-0.25, -0.2) is 0 Å². The molecular formula is C16H21BrN2O. The lowest BCUT2D eigenvalue weighted by Gasteiger charge is -2.43. The Bertz CT molecular complexity index is 478. The van der Waals surface area contributed by atoms with Gasteiger partial charge in [0, 0.05) is 4.47 Å². The number of nitrogens with one attached hydrogen (secondary N) is 2. The molecule has 0 radical (unpaired) electrons. The van der Waals surface area contributed by atoms with Crippen molar-refractivity contribution in [2.45, 2.75) is 37.6 Å². The smallest absolute Gasteiger partial charge is 0.234 e. The molecule has 108 valence electrons. The normalized spacial score (nSPS) is 20.2. The number of rotatable bonds is 6. The van der Waals surface area contributed by atoms with Crippen LogP contribution in [0.4, 0.5) is 0 Å². The van der Waals surface area contributed by atoms with Crippen LogP contribution in [0.15, 0.2) is 28.7 Å². The minimum absolute atomic E-state index is 0.119. The Morgan fingerprint density at radius 1 is 1.25 bits per heavy atom. The van der Waals surface area contributed by atoms with Crippen LogP contribution in [-0.4, -0.2) is 19.0 Å². The minimum Gasteiger partial charge on any atom is -0.345 e. The molecule has 3 nitrogen and oxygen atoms in total. The van der Waals surface area contributed by atoms with Gasteiger partial charge in [0.2, 0.25) is 5.91 Å². The van der Waals surface area contributed by atoms with Crippen molar-refractivity contribution in [3.05, 3.63) is 34.3 Å². The average Bonchev–Trinajstić information content (AvgIpc) is 3.19. The van der Waals surface area contributed by atoms with Gasteiger partial charge in [-0.05, 0) is 62.3 Å². The molecule has 0 saturated heterocycles. The molecular weight excluding hydrogens is 316 g/mol. The molecule has 0 aromatic heterocycles. The van der Waals surface area contributed by atoms with Crippen molar-refractivity contribution in [1.29, 1.82) is 0 Å². The lowest BCUT2D eigenvalue weighted by atomic mass is 9.72. The summed E-state index contributed by atoms with van der Waals surface area (Å²) >= 11 is 3.46. The summed E-state index contributed by atoms with van der Waals surface area (Å²) in [6.07, 6.45) is 5.91. The third kappa shape index (κ3) is 3.23. The van der Waals surface area contributed by atoms with Crippen LogP contribution < -0.4 is 10.6 Å². The zero-order valence-electron chi connectivity index (χ0n) is 11.6. The number of carbonyl (C=O) groups excluding carboxylic acids is 1. The molecule has 2 aliphatic carbocycles. The van der Waals surface area contributed by atoms with E-state index in [1.54, 1.807) is 0 Å². The standard InChI is InChI=1S/C16H21BrN2O/c17-14-6-4-13(5-7-14)16(8-1-9-16)19-15(20)11-18-10-12-2-3-12/h4-7,12,18H,1-3,8-11H2,(H,19,20). The predicted molar refractivity (Wildman–Crippen MR) is 83.4 cm³/mol. The van der Waals surface area contributed by atoms with Crippen molar-refractivity contribution in [3.8, 4) is 0 Å². The maximum absolute atomic E-state index is 12.1. The van der Waals surface area contributed by atoms with Gasteiger partial charge < -0.3 is 10.6 Å². The van der Waals surface area contributed by atoms with E-state index in [4.69, 9.17) is 0 Å². The Morgan fingerprint density at radius 3 is 2.50 bits per heavy atom. The van der Waals surface area contributed by atoms with Crippen LogP contribution in [0.5, 0.6) is 0 Å². The SMILES string of the molecule is O=C(CNCC1CC1)NC1(c2ccc(Br)cc2)CCC1. The van der Waals surface area contributed by atoms with Crippen LogP contribution >= 0.6 is 15.9 Å². The summed E-state index contributed by atoms with van der Waals surface area (Å²) in [6.45, 7) is 1.42. The van der Waals surface area contributed by atoms with Gasteiger partial charge in [-0.15, -0.1) is 0 Å². The van der Waals surface area contributed by atoms with E-state index in [9.17, 15) is 4.79 Å². The summed E-state index contributed by atoms with van der Waals surface area (Å²) in [5.74, 6) is 0.931. The Kier molecular flexibility index (Phi) is 4.13. The second kappa shape index (κ2) is 5.86. The van der Waals surface area contributed by atoms with E-state index in [-0.39, 0.29) is 11.4 Å². The fourth-order valence-electron chi connectivity index (χ4n) is 2.81. The highest BCUT2D eigenvalue weighted by molar-refractivity contribution is 9.10. The lowest BCUT2D eigenvalue weighted by Crippen LogP contribution is -2.53. The van der Waals surface area contributed by atoms with E-state index < -0.39 is 0 Å². The Balaban J connectivity index is 1.57. The molecule has 1 aromatic rings. The first-order chi connectivity index (χ1) is 9.68. The summed E-state index contributed by atoms with van der Waals surface area (Å²) in [7, 11) is 0. The first-order valence-electron chi connectivity index (χ1n) is 7.46. The molecule has 2 N–H and O–H groups in total. The van der Waals surface area contributed by atoms with E-state index in [2.05, 4.69) is 38.7 Å². The van der Waals surface area contributed by atoms with Crippen molar-refractivity contribution < 1.29 is 4.79 Å². The topological polar surface area (TPSA) is 41.1 Å². The molecule has 20 heavy (non-hydrogen) atoms. The maximum atomic E-state index is 12.1. The van der Waals surface area contributed by atoms with Crippen LogP contribution in [0.25, 0.3) is 0 Å². The zero-order chi connectivity index (χ0) is 14.0. The van der Waals surface area contributed by atoms with Crippen LogP contribution in [0.1, 0.15) is 37.7 Å². The van der Waals surface area contributed by atoms with Crippen molar-refractivity contribution in [3.63, 3.8) is 0 Å². The van der Waals surface area contributed by atoms with E-state index in [0.29, 0.717) is 6.54 Å². The molecule has 0 atom stereocenters. The van der Waals surface area contributed by atoms with E-state index in [0.717, 1.165) is 29.8 Å². The van der Waals surface area contributed by atoms with E-state index in [1.807, 2.05) is 12.1 Å². The van der Waals surface area contributed by atoms with Crippen LogP contribution in [-0.2, 0) is 10.3 Å². The van der Waals surface area contributed by atoms with Crippen LogP contribution in [0.3, 0.4) is 0 Å². The second-order valence-corrected chi connectivity index (χ2v) is 6.98. The third-order valence-corrected chi connectivity index (χ3v) is 4.93. The zero-order valence-corrected chi connectivity index (χ0v) is 13.2. The molecule has 0 spiro atoms. The number of halogens is 1. The lowest BCUT2D eigenvalue weighted by molar-refractivity contribution is -0.123. The van der Waals surface area contributed by atoms with Gasteiger partial charge in [0.1, 0.15) is 0 Å². The van der Waals surface area contributed by atoms with Gasteiger partial charge in [-0.3, -0.25) is 4.79 Å². The van der Waals surface area contributed by atoms with Crippen molar-refractivity contribution in [1.82, 2.24) is 10.6 Å². The van der Waals surface area contributed by atoms with Gasteiger partial charge >= 0.3 is 0 Å². The van der Waals surface area contributed by atoms with Crippen molar-refractivity contribution in [2.24, 2.45) is 5.92 Å². The molecule has 0 aliphatic heterocycles. The quantitative estimate of drug-likeness (QED) is 0.838. The van der Waals surface area contributed by atoms with Gasteiger partial charge in [-0.1, -0.05) is 28.1 Å². The molecule has 0 unspecified atom stereocenters. The molecule has 2 fully saturated rings. The summed E-state index contributed by atoms with van der Waals surface area (Å²) in [6, 6.07) is 8.32. The van der Waals surface area contributed by atoms with Crippen LogP contribution in [0, 0.1) is 5.92 Å². The molecule has 3 rings (SSSR count). The molecule has 1 aromatic carbocycles. The highest BCUT2D eigenvalue weighted by Gasteiger charge is 2.39.